The van der Waals surface area contributed by atoms with Gasteiger partial charge in [-0.05, 0) is 26.2 Å². The molecule has 0 saturated carbocycles. The zero-order valence-electron chi connectivity index (χ0n) is 16.2. The Kier molecular flexibility index (Phi) is 8.56. The van der Waals surface area contributed by atoms with Crippen molar-refractivity contribution in [1.82, 2.24) is 9.88 Å². The summed E-state index contributed by atoms with van der Waals surface area (Å²) in [7, 11) is 0. The van der Waals surface area contributed by atoms with Gasteiger partial charge in [0.1, 0.15) is 6.61 Å². The van der Waals surface area contributed by atoms with E-state index in [2.05, 4.69) is 4.98 Å². The molecule has 1 saturated heterocycles. The summed E-state index contributed by atoms with van der Waals surface area (Å²) >= 11 is 2.54. The molecule has 2 unspecified atom stereocenters. The van der Waals surface area contributed by atoms with Crippen molar-refractivity contribution in [3.05, 3.63) is 23.2 Å². The summed E-state index contributed by atoms with van der Waals surface area (Å²) in [6.45, 7) is 1.98. The maximum absolute atomic E-state index is 12.2. The first-order valence-corrected chi connectivity index (χ1v) is 11.0. The van der Waals surface area contributed by atoms with E-state index in [1.54, 1.807) is 12.2 Å². The molecule has 0 radical (unpaired) electrons. The lowest BCUT2D eigenvalue weighted by Gasteiger charge is -2.22. The second-order valence-corrected chi connectivity index (χ2v) is 9.29. The van der Waals surface area contributed by atoms with E-state index >= 15 is 0 Å². The van der Waals surface area contributed by atoms with E-state index in [-0.39, 0.29) is 37.6 Å². The lowest BCUT2D eigenvalue weighted by Crippen LogP contribution is -2.34. The van der Waals surface area contributed by atoms with Gasteiger partial charge in [0.15, 0.2) is 10.0 Å². The van der Waals surface area contributed by atoms with E-state index in [1.165, 1.54) is 40.3 Å². The van der Waals surface area contributed by atoms with E-state index in [9.17, 15) is 27.9 Å². The zero-order chi connectivity index (χ0) is 22.4. The molecule has 1 aliphatic heterocycles. The first-order chi connectivity index (χ1) is 14.0. The van der Waals surface area contributed by atoms with Crippen LogP contribution in [0.4, 0.5) is 18.0 Å². The second-order valence-electron chi connectivity index (χ2n) is 7.09. The molecule has 1 aromatic rings. The highest BCUT2D eigenvalue weighted by atomic mass is 32.2. The molecule has 2 heterocycles. The van der Waals surface area contributed by atoms with Gasteiger partial charge in [-0.15, -0.1) is 11.3 Å². The van der Waals surface area contributed by atoms with Crippen LogP contribution in [0.1, 0.15) is 43.1 Å². The van der Waals surface area contributed by atoms with Gasteiger partial charge in [0.25, 0.3) is 0 Å². The van der Waals surface area contributed by atoms with Crippen LogP contribution in [0.25, 0.3) is 0 Å². The Labute approximate surface area is 179 Å². The average molecular weight is 469 g/mol. The van der Waals surface area contributed by atoms with Crippen LogP contribution >= 0.6 is 23.1 Å². The van der Waals surface area contributed by atoms with Gasteiger partial charge in [-0.2, -0.15) is 13.2 Å². The molecule has 2 atom stereocenters. The lowest BCUT2D eigenvalue weighted by atomic mass is 9.94. The predicted molar refractivity (Wildman–Crippen MR) is 106 cm³/mol. The third-order valence-corrected chi connectivity index (χ3v) is 6.37. The zero-order valence-corrected chi connectivity index (χ0v) is 17.9. The Morgan fingerprint density at radius 3 is 2.83 bits per heavy atom. The fourth-order valence-electron chi connectivity index (χ4n) is 2.79. The number of aromatic carboxylic acids is 1. The highest BCUT2D eigenvalue weighted by molar-refractivity contribution is 8.01. The topological polar surface area (TPSA) is 100.0 Å². The molecule has 2 rings (SSSR count). The summed E-state index contributed by atoms with van der Waals surface area (Å²) in [5.41, 5.74) is -1.29. The first-order valence-electron chi connectivity index (χ1n) is 9.18. The van der Waals surface area contributed by atoms with Crippen molar-refractivity contribution < 1.29 is 37.7 Å². The Morgan fingerprint density at radius 1 is 1.47 bits per heavy atom. The summed E-state index contributed by atoms with van der Waals surface area (Å²) in [4.78, 5) is 28.2. The van der Waals surface area contributed by atoms with Crippen LogP contribution in [0.3, 0.4) is 0 Å². The number of amides is 1. The van der Waals surface area contributed by atoms with E-state index in [0.717, 1.165) is 0 Å². The molecule has 1 aromatic heterocycles. The highest BCUT2D eigenvalue weighted by Crippen LogP contribution is 2.27. The van der Waals surface area contributed by atoms with E-state index in [4.69, 9.17) is 9.84 Å². The average Bonchev–Trinajstić information content (AvgIpc) is 3.22. The molecule has 0 aliphatic carbocycles. The number of ether oxygens (including phenoxy) is 1. The quantitative estimate of drug-likeness (QED) is 0.371. The van der Waals surface area contributed by atoms with Crippen molar-refractivity contribution >= 4 is 35.2 Å². The second kappa shape index (κ2) is 10.5. The number of hydrogen-bond acceptors (Lipinski definition) is 7. The number of carboxylic acid groups (broad SMARTS) is 1. The number of aromatic nitrogens is 1. The third kappa shape index (κ3) is 8.15. The van der Waals surface area contributed by atoms with E-state index in [0.29, 0.717) is 16.6 Å². The standard InChI is InChI=1S/C18H23F3N2O5S2/c1-17(27,6-3-7-18(19,20)21)5-2-4-12-10-28-16(26)23(12)8-9-29-15-22-13(11-30-15)14(24)25/h2,4,11-12,27H,3,5-10H2,1H3,(H,24,25). The summed E-state index contributed by atoms with van der Waals surface area (Å²) < 4.78 is 42.3. The van der Waals surface area contributed by atoms with Crippen LogP contribution in [0.15, 0.2) is 21.9 Å². The molecule has 1 aliphatic rings. The van der Waals surface area contributed by atoms with E-state index < -0.39 is 30.3 Å². The Hall–Kier alpha value is -1.79. The van der Waals surface area contributed by atoms with E-state index in [1.807, 2.05) is 0 Å². The largest absolute Gasteiger partial charge is 0.476 e. The fraction of sp³-hybridized carbons (Fsp3) is 0.611. The first kappa shape index (κ1) is 24.5. The predicted octanol–water partition coefficient (Wildman–Crippen LogP) is 4.18. The smallest absolute Gasteiger partial charge is 0.410 e. The number of carbonyl (C=O) groups excluding carboxylic acids is 1. The molecule has 168 valence electrons. The van der Waals surface area contributed by atoms with Gasteiger partial charge in [0, 0.05) is 24.1 Å². The van der Waals surface area contributed by atoms with Gasteiger partial charge in [0.05, 0.1) is 11.6 Å². The molecular formula is C18H23F3N2O5S2. The van der Waals surface area contributed by atoms with Crippen LogP contribution in [-0.2, 0) is 4.74 Å². The molecule has 30 heavy (non-hydrogen) atoms. The van der Waals surface area contributed by atoms with Crippen LogP contribution in [0.5, 0.6) is 0 Å². The summed E-state index contributed by atoms with van der Waals surface area (Å²) in [6, 6.07) is -0.338. The summed E-state index contributed by atoms with van der Waals surface area (Å²) in [6.07, 6.45) is -2.26. The maximum atomic E-state index is 12.2. The van der Waals surface area contributed by atoms with Gasteiger partial charge in [0.2, 0.25) is 0 Å². The minimum Gasteiger partial charge on any atom is -0.476 e. The number of halogens is 3. The van der Waals surface area contributed by atoms with Gasteiger partial charge in [-0.1, -0.05) is 23.9 Å². The van der Waals surface area contributed by atoms with Crippen molar-refractivity contribution in [2.45, 2.75) is 54.8 Å². The fourth-order valence-corrected chi connectivity index (χ4v) is 4.59. The molecule has 0 aromatic carbocycles. The van der Waals surface area contributed by atoms with Crippen molar-refractivity contribution in [3.63, 3.8) is 0 Å². The monoisotopic (exact) mass is 468 g/mol. The number of thiazole rings is 1. The van der Waals surface area contributed by atoms with Crippen LogP contribution in [0, 0.1) is 0 Å². The normalized spacial score (nSPS) is 19.3. The Bertz CT molecular complexity index is 767. The summed E-state index contributed by atoms with van der Waals surface area (Å²) in [5, 5.41) is 20.6. The number of rotatable bonds is 11. The minimum atomic E-state index is -4.24. The van der Waals surface area contributed by atoms with Crippen molar-refractivity contribution in [1.29, 1.82) is 0 Å². The highest BCUT2D eigenvalue weighted by Gasteiger charge is 2.31. The third-order valence-electron chi connectivity index (χ3n) is 4.36. The lowest BCUT2D eigenvalue weighted by molar-refractivity contribution is -0.137. The van der Waals surface area contributed by atoms with Crippen molar-refractivity contribution in [3.8, 4) is 0 Å². The number of carboxylic acids is 1. The number of carbonyl (C=O) groups is 2. The van der Waals surface area contributed by atoms with Crippen molar-refractivity contribution in [2.24, 2.45) is 0 Å². The Morgan fingerprint density at radius 2 is 2.20 bits per heavy atom. The number of cyclic esters (lactones) is 1. The van der Waals surface area contributed by atoms with Crippen LogP contribution in [0.2, 0.25) is 0 Å². The SMILES string of the molecule is CC(O)(CC=CC1COC(=O)N1CCSc1nc(C(=O)O)cs1)CCCC(F)(F)F. The number of alkyl halides is 3. The number of hydrogen-bond donors (Lipinski definition) is 2. The number of aliphatic hydroxyl groups is 1. The molecule has 0 spiro atoms. The molecule has 2 N–H and O–H groups in total. The number of nitrogens with zero attached hydrogens (tertiary/aromatic N) is 2. The molecule has 1 amide bonds. The summed E-state index contributed by atoms with van der Waals surface area (Å²) in [5.74, 6) is -0.609. The van der Waals surface area contributed by atoms with Crippen LogP contribution in [-0.4, -0.2) is 68.9 Å². The Balaban J connectivity index is 1.79. The van der Waals surface area contributed by atoms with Crippen LogP contribution < -0.4 is 0 Å². The minimum absolute atomic E-state index is 0.0173. The van der Waals surface area contributed by atoms with Gasteiger partial charge in [-0.3, -0.25) is 4.90 Å². The molecule has 7 nitrogen and oxygen atoms in total. The molecular weight excluding hydrogens is 445 g/mol. The van der Waals surface area contributed by atoms with Gasteiger partial charge >= 0.3 is 18.2 Å². The maximum Gasteiger partial charge on any atom is 0.410 e. The molecule has 1 fully saturated rings. The van der Waals surface area contributed by atoms with Crippen molar-refractivity contribution in [2.75, 3.05) is 18.9 Å². The number of thioether (sulfide) groups is 1. The van der Waals surface area contributed by atoms with Gasteiger partial charge in [-0.25, -0.2) is 14.6 Å². The molecule has 12 heteroatoms. The van der Waals surface area contributed by atoms with Gasteiger partial charge < -0.3 is 14.9 Å². The molecule has 0 bridgehead atoms.